The summed E-state index contributed by atoms with van der Waals surface area (Å²) in [5, 5.41) is 3.17. The number of nitrogens with one attached hydrogen (secondary N) is 1. The Morgan fingerprint density at radius 1 is 1.00 bits per heavy atom. The molecular formula is C29H34N2O6S. The predicted octanol–water partition coefficient (Wildman–Crippen LogP) is 5.34. The third kappa shape index (κ3) is 5.15. The second kappa shape index (κ2) is 10.9. The number of ether oxygens (including phenoxy) is 3. The van der Waals surface area contributed by atoms with Gasteiger partial charge in [0, 0.05) is 30.7 Å². The van der Waals surface area contributed by atoms with Crippen LogP contribution in [-0.4, -0.2) is 41.2 Å². The van der Waals surface area contributed by atoms with E-state index in [1.54, 1.807) is 30.3 Å². The van der Waals surface area contributed by atoms with Gasteiger partial charge in [-0.15, -0.1) is 0 Å². The Morgan fingerprint density at radius 2 is 1.66 bits per heavy atom. The first-order chi connectivity index (χ1) is 18.2. The quantitative estimate of drug-likeness (QED) is 0.395. The van der Waals surface area contributed by atoms with E-state index >= 15 is 0 Å². The minimum atomic E-state index is -3.87. The summed E-state index contributed by atoms with van der Waals surface area (Å²) in [6.07, 6.45) is 2.34. The van der Waals surface area contributed by atoms with Gasteiger partial charge in [-0.05, 0) is 55.3 Å². The van der Waals surface area contributed by atoms with Crippen molar-refractivity contribution in [1.29, 1.82) is 0 Å². The molecule has 0 aliphatic carbocycles. The van der Waals surface area contributed by atoms with Crippen molar-refractivity contribution in [3.05, 3.63) is 77.9 Å². The summed E-state index contributed by atoms with van der Waals surface area (Å²) in [5.74, 6) is 1.32. The number of para-hydroxylation sites is 1. The van der Waals surface area contributed by atoms with Crippen molar-refractivity contribution in [3.8, 4) is 17.2 Å². The van der Waals surface area contributed by atoms with Crippen LogP contribution in [0, 0.1) is 0 Å². The van der Waals surface area contributed by atoms with E-state index in [4.69, 9.17) is 14.2 Å². The van der Waals surface area contributed by atoms with E-state index in [9.17, 15) is 13.2 Å². The van der Waals surface area contributed by atoms with E-state index in [-0.39, 0.29) is 22.4 Å². The fourth-order valence-corrected chi connectivity index (χ4v) is 5.98. The Morgan fingerprint density at radius 3 is 2.29 bits per heavy atom. The minimum absolute atomic E-state index is 0.0629. The van der Waals surface area contributed by atoms with Gasteiger partial charge >= 0.3 is 0 Å². The Balaban J connectivity index is 1.53. The molecule has 0 unspecified atom stereocenters. The smallest absolute Gasteiger partial charge is 0.264 e. The van der Waals surface area contributed by atoms with Gasteiger partial charge in [0.05, 0.1) is 30.8 Å². The van der Waals surface area contributed by atoms with Crippen molar-refractivity contribution in [2.24, 2.45) is 0 Å². The number of carbonyl (C=O) groups is 1. The average molecular weight is 539 g/mol. The van der Waals surface area contributed by atoms with Gasteiger partial charge in [-0.3, -0.25) is 9.10 Å². The maximum Gasteiger partial charge on any atom is 0.264 e. The van der Waals surface area contributed by atoms with Crippen LogP contribution in [0.3, 0.4) is 0 Å². The number of rotatable bonds is 9. The van der Waals surface area contributed by atoms with Crippen molar-refractivity contribution in [2.45, 2.75) is 49.6 Å². The molecule has 1 aliphatic rings. The van der Waals surface area contributed by atoms with Crippen molar-refractivity contribution >= 4 is 21.6 Å². The lowest BCUT2D eigenvalue weighted by Gasteiger charge is -2.41. The van der Waals surface area contributed by atoms with Gasteiger partial charge in [-0.1, -0.05) is 32.0 Å². The van der Waals surface area contributed by atoms with Gasteiger partial charge in [0.25, 0.3) is 15.9 Å². The van der Waals surface area contributed by atoms with Gasteiger partial charge in [0.15, 0.2) is 11.5 Å². The monoisotopic (exact) mass is 538 g/mol. The van der Waals surface area contributed by atoms with Gasteiger partial charge in [0.2, 0.25) is 0 Å². The summed E-state index contributed by atoms with van der Waals surface area (Å²) >= 11 is 0. The van der Waals surface area contributed by atoms with Crippen molar-refractivity contribution in [1.82, 2.24) is 5.32 Å². The third-order valence-corrected chi connectivity index (χ3v) is 9.08. The molecule has 0 saturated carbocycles. The van der Waals surface area contributed by atoms with Gasteiger partial charge < -0.3 is 19.5 Å². The molecule has 1 aliphatic heterocycles. The molecule has 0 saturated heterocycles. The van der Waals surface area contributed by atoms with Gasteiger partial charge in [-0.25, -0.2) is 8.42 Å². The fraction of sp³-hybridized carbons (Fsp3) is 0.345. The summed E-state index contributed by atoms with van der Waals surface area (Å²) in [4.78, 5) is 13.3. The maximum absolute atomic E-state index is 13.3. The van der Waals surface area contributed by atoms with E-state index in [1.165, 1.54) is 37.7 Å². The summed E-state index contributed by atoms with van der Waals surface area (Å²) in [6.45, 7) is 4.20. The van der Waals surface area contributed by atoms with Gasteiger partial charge in [0.1, 0.15) is 11.4 Å². The Hall–Kier alpha value is -3.72. The number of fused-ring (bicyclic) bond motifs is 1. The SMILES string of the molecule is CCC1(CC)C[C@@H](NC(=O)c2ccc(N(C)S(=O)(=O)c3ccc(OC)c(OC)c3)cc2)c2ccccc2O1. The van der Waals surface area contributed by atoms with Crippen LogP contribution in [-0.2, 0) is 10.0 Å². The number of sulfonamides is 1. The molecule has 1 atom stereocenters. The second-order valence-electron chi connectivity index (χ2n) is 9.30. The highest BCUT2D eigenvalue weighted by Gasteiger charge is 2.39. The summed E-state index contributed by atoms with van der Waals surface area (Å²) < 4.78 is 44.5. The van der Waals surface area contributed by atoms with E-state index in [0.29, 0.717) is 29.2 Å². The second-order valence-corrected chi connectivity index (χ2v) is 11.3. The molecule has 0 radical (unpaired) electrons. The average Bonchev–Trinajstić information content (AvgIpc) is 2.96. The molecule has 0 bridgehead atoms. The Labute approximate surface area is 224 Å². The van der Waals surface area contributed by atoms with Crippen LogP contribution in [0.1, 0.15) is 55.1 Å². The molecule has 9 heteroatoms. The molecule has 1 N–H and O–H groups in total. The molecular weight excluding hydrogens is 504 g/mol. The highest BCUT2D eigenvalue weighted by Crippen LogP contribution is 2.42. The first-order valence-electron chi connectivity index (χ1n) is 12.6. The van der Waals surface area contributed by atoms with Crippen molar-refractivity contribution < 1.29 is 27.4 Å². The molecule has 0 fully saturated rings. The largest absolute Gasteiger partial charge is 0.493 e. The number of hydrogen-bond acceptors (Lipinski definition) is 6. The Bertz CT molecular complexity index is 1400. The first-order valence-corrected chi connectivity index (χ1v) is 14.0. The molecule has 38 heavy (non-hydrogen) atoms. The molecule has 1 amide bonds. The van der Waals surface area contributed by atoms with E-state index in [1.807, 2.05) is 24.3 Å². The van der Waals surface area contributed by atoms with Crippen LogP contribution in [0.25, 0.3) is 0 Å². The van der Waals surface area contributed by atoms with Gasteiger partial charge in [-0.2, -0.15) is 0 Å². The lowest BCUT2D eigenvalue weighted by atomic mass is 9.83. The Kier molecular flexibility index (Phi) is 7.87. The van der Waals surface area contributed by atoms with Crippen LogP contribution < -0.4 is 23.8 Å². The van der Waals surface area contributed by atoms with Crippen LogP contribution in [0.4, 0.5) is 5.69 Å². The lowest BCUT2D eigenvalue weighted by Crippen LogP contribution is -2.44. The zero-order valence-electron chi connectivity index (χ0n) is 22.4. The number of hydrogen-bond donors (Lipinski definition) is 1. The number of methoxy groups -OCH3 is 2. The normalized spacial score (nSPS) is 16.1. The number of nitrogens with zero attached hydrogens (tertiary/aromatic N) is 1. The molecule has 3 aromatic rings. The molecule has 202 valence electrons. The zero-order valence-corrected chi connectivity index (χ0v) is 23.2. The van der Waals surface area contributed by atoms with Crippen LogP contribution in [0.15, 0.2) is 71.6 Å². The predicted molar refractivity (Wildman–Crippen MR) is 147 cm³/mol. The molecule has 8 nitrogen and oxygen atoms in total. The summed E-state index contributed by atoms with van der Waals surface area (Å²) in [5.41, 5.74) is 1.48. The van der Waals surface area contributed by atoms with Crippen LogP contribution >= 0.6 is 0 Å². The third-order valence-electron chi connectivity index (χ3n) is 7.30. The fourth-order valence-electron chi connectivity index (χ4n) is 4.77. The van der Waals surface area contributed by atoms with Crippen LogP contribution in [0.2, 0.25) is 0 Å². The van der Waals surface area contributed by atoms with E-state index in [2.05, 4.69) is 19.2 Å². The van der Waals surface area contributed by atoms with Crippen LogP contribution in [0.5, 0.6) is 17.2 Å². The van der Waals surface area contributed by atoms with Crippen molar-refractivity contribution in [2.75, 3.05) is 25.6 Å². The minimum Gasteiger partial charge on any atom is -0.493 e. The van der Waals surface area contributed by atoms with E-state index in [0.717, 1.165) is 24.2 Å². The number of anilines is 1. The number of benzene rings is 3. The summed E-state index contributed by atoms with van der Waals surface area (Å²) in [7, 11) is 0.529. The van der Waals surface area contributed by atoms with Crippen molar-refractivity contribution in [3.63, 3.8) is 0 Å². The molecule has 3 aromatic carbocycles. The maximum atomic E-state index is 13.3. The highest BCUT2D eigenvalue weighted by atomic mass is 32.2. The molecule has 0 aromatic heterocycles. The highest BCUT2D eigenvalue weighted by molar-refractivity contribution is 7.92. The first kappa shape index (κ1) is 27.3. The summed E-state index contributed by atoms with van der Waals surface area (Å²) in [6, 6.07) is 18.5. The lowest BCUT2D eigenvalue weighted by molar-refractivity contribution is 0.0227. The molecule has 4 rings (SSSR count). The van der Waals surface area contributed by atoms with E-state index < -0.39 is 10.0 Å². The number of amides is 1. The topological polar surface area (TPSA) is 94.2 Å². The zero-order chi connectivity index (χ0) is 27.5. The molecule has 1 heterocycles. The molecule has 0 spiro atoms. The standard InChI is InChI=1S/C29H34N2O6S/c1-6-29(7-2)19-24(23-10-8-9-11-25(23)37-29)30-28(32)20-12-14-21(15-13-20)31(3)38(33,34)22-16-17-26(35-4)27(18-22)36-5/h8-18,24H,6-7,19H2,1-5H3,(H,30,32)/t24-/m1/s1. The number of carbonyl (C=O) groups excluding carboxylic acids is 1.